The molecule has 0 saturated carbocycles. The van der Waals surface area contributed by atoms with Gasteiger partial charge in [0.25, 0.3) is 0 Å². The Labute approximate surface area is 246 Å². The van der Waals surface area contributed by atoms with E-state index in [9.17, 15) is 0 Å². The van der Waals surface area contributed by atoms with Crippen molar-refractivity contribution in [1.29, 1.82) is 0 Å². The van der Waals surface area contributed by atoms with Crippen LogP contribution in [0, 0.1) is 0 Å². The molecule has 0 heterocycles. The number of unbranched alkanes of at least 4 members (excludes halogenated alkanes) is 18. The van der Waals surface area contributed by atoms with E-state index in [1.807, 2.05) is 6.20 Å². The summed E-state index contributed by atoms with van der Waals surface area (Å²) in [6.07, 6.45) is 54.7. The van der Waals surface area contributed by atoms with Crippen LogP contribution in [0.4, 0.5) is 0 Å². The third-order valence-electron chi connectivity index (χ3n) is 7.63. The van der Waals surface area contributed by atoms with E-state index >= 15 is 0 Å². The molecular formula is C38H69N. The number of hydrogen-bond donors (Lipinski definition) is 1. The summed E-state index contributed by atoms with van der Waals surface area (Å²) in [6.45, 7) is 4.53. The molecule has 0 spiro atoms. The molecule has 226 valence electrons. The van der Waals surface area contributed by atoms with E-state index in [4.69, 9.17) is 5.73 Å². The Morgan fingerprint density at radius 2 is 0.692 bits per heavy atom. The van der Waals surface area contributed by atoms with Gasteiger partial charge in [0.15, 0.2) is 0 Å². The van der Waals surface area contributed by atoms with Crippen molar-refractivity contribution in [3.63, 3.8) is 0 Å². The third kappa shape index (κ3) is 32.6. The van der Waals surface area contributed by atoms with Crippen LogP contribution < -0.4 is 5.73 Å². The molecular weight excluding hydrogens is 470 g/mol. The fraction of sp³-hybridized carbons (Fsp3) is 0.737. The molecule has 1 nitrogen and oxygen atoms in total. The Bertz CT molecular complexity index is 556. The molecule has 0 aromatic heterocycles. The number of nitrogens with two attached hydrogens (primary N) is 1. The molecule has 2 N–H and O–H groups in total. The highest BCUT2D eigenvalue weighted by atomic mass is 14.5. The largest absolute Gasteiger partial charge is 0.405 e. The van der Waals surface area contributed by atoms with Crippen molar-refractivity contribution in [2.24, 2.45) is 5.73 Å². The minimum Gasteiger partial charge on any atom is -0.405 e. The van der Waals surface area contributed by atoms with Gasteiger partial charge in [0.05, 0.1) is 0 Å². The first kappa shape index (κ1) is 37.5. The molecule has 0 aromatic carbocycles. The summed E-state index contributed by atoms with van der Waals surface area (Å²) in [5.74, 6) is 0. The summed E-state index contributed by atoms with van der Waals surface area (Å²) in [7, 11) is 0. The van der Waals surface area contributed by atoms with Gasteiger partial charge in [0.1, 0.15) is 0 Å². The lowest BCUT2D eigenvalue weighted by atomic mass is 10.00. The van der Waals surface area contributed by atoms with Gasteiger partial charge in [-0.2, -0.15) is 0 Å². The molecule has 0 aliphatic carbocycles. The Morgan fingerprint density at radius 3 is 1.03 bits per heavy atom. The first-order valence-electron chi connectivity index (χ1n) is 17.3. The summed E-state index contributed by atoms with van der Waals surface area (Å²) < 4.78 is 0. The molecule has 0 saturated heterocycles. The first-order chi connectivity index (χ1) is 19.3. The molecule has 0 aliphatic rings. The smallest absolute Gasteiger partial charge is 0.00705 e. The highest BCUT2D eigenvalue weighted by molar-refractivity contribution is 4.99. The third-order valence-corrected chi connectivity index (χ3v) is 7.63. The quantitative estimate of drug-likeness (QED) is 0.0712. The normalized spacial score (nSPS) is 12.2. The Kier molecular flexibility index (Phi) is 33.2. The van der Waals surface area contributed by atoms with Gasteiger partial charge < -0.3 is 5.73 Å². The van der Waals surface area contributed by atoms with E-state index in [0.29, 0.717) is 0 Å². The maximum atomic E-state index is 5.92. The van der Waals surface area contributed by atoms with Crippen molar-refractivity contribution in [2.45, 2.75) is 181 Å². The van der Waals surface area contributed by atoms with Crippen LogP contribution in [0.5, 0.6) is 0 Å². The summed E-state index contributed by atoms with van der Waals surface area (Å²) in [5.41, 5.74) is 7.41. The van der Waals surface area contributed by atoms with Crippen LogP contribution in [0.15, 0.2) is 60.4 Å². The van der Waals surface area contributed by atoms with E-state index in [2.05, 4.69) is 62.5 Å². The van der Waals surface area contributed by atoms with Gasteiger partial charge in [-0.25, -0.2) is 0 Å². The molecule has 0 bridgehead atoms. The second-order valence-electron chi connectivity index (χ2n) is 11.5. The van der Waals surface area contributed by atoms with Crippen LogP contribution in [0.2, 0.25) is 0 Å². The van der Waals surface area contributed by atoms with Crippen molar-refractivity contribution in [3.8, 4) is 0 Å². The standard InChI is InChI=1S/C38H69N/c1-3-5-7-9-11-13-15-17-19-21-23-25-27-29-31-33-35-38(37-39)36-34-32-30-28-26-24-22-20-18-16-14-12-10-8-6-4-2/h11-14,17-20,37H,3-10,15-16,21-36,39H2,1-2H3/b13-11-,14-12-,19-17-,20-18-. The predicted molar refractivity (Wildman–Crippen MR) is 180 cm³/mol. The summed E-state index contributed by atoms with van der Waals surface area (Å²) >= 11 is 0. The average molecular weight is 540 g/mol. The van der Waals surface area contributed by atoms with Crippen LogP contribution in [-0.2, 0) is 0 Å². The topological polar surface area (TPSA) is 26.0 Å². The Hall–Kier alpha value is -1.50. The maximum Gasteiger partial charge on any atom is -0.00705 e. The van der Waals surface area contributed by atoms with Crippen molar-refractivity contribution < 1.29 is 0 Å². The minimum absolute atomic E-state index is 1.11. The lowest BCUT2D eigenvalue weighted by Crippen LogP contribution is -1.92. The van der Waals surface area contributed by atoms with Gasteiger partial charge >= 0.3 is 0 Å². The number of rotatable bonds is 30. The Morgan fingerprint density at radius 1 is 0.385 bits per heavy atom. The van der Waals surface area contributed by atoms with E-state index in [-0.39, 0.29) is 0 Å². The molecule has 0 rings (SSSR count). The maximum absolute atomic E-state index is 5.92. The van der Waals surface area contributed by atoms with Gasteiger partial charge in [-0.3, -0.25) is 0 Å². The molecule has 1 heteroatoms. The molecule has 0 unspecified atom stereocenters. The molecule has 39 heavy (non-hydrogen) atoms. The molecule has 0 aromatic rings. The predicted octanol–water partition coefficient (Wildman–Crippen LogP) is 13.2. The molecule has 0 aliphatic heterocycles. The zero-order valence-electron chi connectivity index (χ0n) is 26.7. The van der Waals surface area contributed by atoms with E-state index in [0.717, 1.165) is 12.8 Å². The van der Waals surface area contributed by atoms with Crippen molar-refractivity contribution in [1.82, 2.24) is 0 Å². The fourth-order valence-corrected chi connectivity index (χ4v) is 4.97. The average Bonchev–Trinajstić information content (AvgIpc) is 2.95. The van der Waals surface area contributed by atoms with Crippen molar-refractivity contribution in [2.75, 3.05) is 0 Å². The summed E-state index contributed by atoms with van der Waals surface area (Å²) in [5, 5.41) is 0. The highest BCUT2D eigenvalue weighted by Gasteiger charge is 1.99. The number of allylic oxidation sites excluding steroid dienone is 9. The van der Waals surface area contributed by atoms with E-state index in [1.165, 1.54) is 160 Å². The van der Waals surface area contributed by atoms with Gasteiger partial charge in [-0.1, -0.05) is 145 Å². The number of hydrogen-bond acceptors (Lipinski definition) is 1. The molecule has 0 atom stereocenters. The zero-order valence-corrected chi connectivity index (χ0v) is 26.7. The van der Waals surface area contributed by atoms with Crippen LogP contribution in [0.3, 0.4) is 0 Å². The van der Waals surface area contributed by atoms with Crippen molar-refractivity contribution in [3.05, 3.63) is 60.4 Å². The van der Waals surface area contributed by atoms with Gasteiger partial charge in [-0.15, -0.1) is 0 Å². The highest BCUT2D eigenvalue weighted by Crippen LogP contribution is 2.18. The van der Waals surface area contributed by atoms with Gasteiger partial charge in [-0.05, 0) is 96.1 Å². The minimum atomic E-state index is 1.11. The lowest BCUT2D eigenvalue weighted by molar-refractivity contribution is 0.575. The monoisotopic (exact) mass is 540 g/mol. The molecule has 0 amide bonds. The van der Waals surface area contributed by atoms with Crippen LogP contribution in [-0.4, -0.2) is 0 Å². The van der Waals surface area contributed by atoms with Crippen LogP contribution >= 0.6 is 0 Å². The lowest BCUT2D eigenvalue weighted by Gasteiger charge is -2.07. The zero-order chi connectivity index (χ0) is 28.3. The van der Waals surface area contributed by atoms with Crippen molar-refractivity contribution >= 4 is 0 Å². The Balaban J connectivity index is 3.42. The molecule has 0 fully saturated rings. The summed E-state index contributed by atoms with van der Waals surface area (Å²) in [4.78, 5) is 0. The fourth-order valence-electron chi connectivity index (χ4n) is 4.97. The second-order valence-corrected chi connectivity index (χ2v) is 11.5. The van der Waals surface area contributed by atoms with Crippen LogP contribution in [0.25, 0.3) is 0 Å². The second kappa shape index (κ2) is 34.5. The van der Waals surface area contributed by atoms with E-state index < -0.39 is 0 Å². The van der Waals surface area contributed by atoms with E-state index in [1.54, 1.807) is 0 Å². The first-order valence-corrected chi connectivity index (χ1v) is 17.3. The molecule has 0 radical (unpaired) electrons. The summed E-state index contributed by atoms with van der Waals surface area (Å²) in [6, 6.07) is 0. The SMILES string of the molecule is CCCCC/C=C\C/C=C\CCCCCCCCC(=CN)CCCCCCCC/C=C\C/C=C\CCCCC. The van der Waals surface area contributed by atoms with Crippen LogP contribution in [0.1, 0.15) is 181 Å². The van der Waals surface area contributed by atoms with Gasteiger partial charge in [0.2, 0.25) is 0 Å². The van der Waals surface area contributed by atoms with Gasteiger partial charge in [0, 0.05) is 0 Å².